The van der Waals surface area contributed by atoms with Gasteiger partial charge in [-0.25, -0.2) is 0 Å². The maximum atomic E-state index is 10.2. The average molecular weight is 1060 g/mol. The van der Waals surface area contributed by atoms with Gasteiger partial charge in [0.05, 0.1) is 40.1 Å². The summed E-state index contributed by atoms with van der Waals surface area (Å²) in [5.41, 5.74) is 19.8. The van der Waals surface area contributed by atoms with Gasteiger partial charge < -0.3 is 13.7 Å². The van der Waals surface area contributed by atoms with Crippen LogP contribution >= 0.6 is 11.3 Å². The number of fused-ring (bicyclic) bond motifs is 19. The third-order valence-corrected chi connectivity index (χ3v) is 19.3. The fraction of sp³-hybridized carbons (Fsp3) is 0.0933. The molecule has 2 aliphatic rings. The number of thiophene rings is 1. The Bertz CT molecular complexity index is 4990. The van der Waals surface area contributed by atoms with E-state index in [2.05, 4.69) is 226 Å². The molecule has 2 aliphatic carbocycles. The fourth-order valence-corrected chi connectivity index (χ4v) is 15.7. The van der Waals surface area contributed by atoms with Crippen molar-refractivity contribution in [3.05, 3.63) is 292 Å². The van der Waals surface area contributed by atoms with E-state index in [0.717, 1.165) is 77.5 Å². The molecular weight excluding hydrogens is 1010 g/mol. The van der Waals surface area contributed by atoms with Crippen LogP contribution in [0.2, 0.25) is 0 Å². The lowest BCUT2D eigenvalue weighted by atomic mass is 9.55. The van der Waals surface area contributed by atoms with Crippen molar-refractivity contribution in [2.45, 2.75) is 43.4 Å². The number of nitriles is 2. The molecule has 0 saturated carbocycles. The Balaban J connectivity index is 1.02. The second-order valence-corrected chi connectivity index (χ2v) is 23.5. The van der Waals surface area contributed by atoms with E-state index < -0.39 is 5.41 Å². The maximum Gasteiger partial charge on any atom is 0.159 e. The van der Waals surface area contributed by atoms with Crippen LogP contribution in [-0.4, -0.2) is 0 Å². The van der Waals surface area contributed by atoms with Gasteiger partial charge in [-0.3, -0.25) is 0 Å². The van der Waals surface area contributed by atoms with Crippen molar-refractivity contribution in [1.82, 2.24) is 0 Å². The van der Waals surface area contributed by atoms with E-state index in [1.54, 1.807) is 0 Å². The minimum Gasteiger partial charge on any atom is -0.456 e. The summed E-state index contributed by atoms with van der Waals surface area (Å²) in [4.78, 5) is 2.39. The molecule has 16 rings (SSSR count). The van der Waals surface area contributed by atoms with Crippen LogP contribution in [0.25, 0.3) is 75.2 Å². The lowest BCUT2D eigenvalue weighted by molar-refractivity contribution is 0.562. The highest BCUT2D eigenvalue weighted by molar-refractivity contribution is 7.26. The van der Waals surface area contributed by atoms with Crippen molar-refractivity contribution in [3.63, 3.8) is 0 Å². The van der Waals surface area contributed by atoms with Gasteiger partial charge in [0.1, 0.15) is 16.7 Å². The van der Waals surface area contributed by atoms with E-state index >= 15 is 0 Å². The van der Waals surface area contributed by atoms with Crippen molar-refractivity contribution in [2.75, 3.05) is 4.90 Å². The monoisotopic (exact) mass is 1060 g/mol. The van der Waals surface area contributed by atoms with E-state index in [0.29, 0.717) is 11.1 Å². The molecule has 1 spiro atoms. The molecule has 3 aromatic heterocycles. The van der Waals surface area contributed by atoms with Gasteiger partial charge in [-0.1, -0.05) is 185 Å². The van der Waals surface area contributed by atoms with Crippen LogP contribution < -0.4 is 4.90 Å². The standard InChI is InChI=1S/C75H49N3O2S/c1-44(68(47-34-30-45(42-76)31-35-47)56-21-14-19-52-50-16-4-11-27-65(50)79-71(52)56)48-36-39-54-61(40-48)75(59-24-9-7-22-57(59)74(2,3)58-23-8-10-25-60(58)75)62-41-64(70-55-18-6-13-29-67(55)81-73(70)69(54)62)78(49-37-32-46(43-77)33-38-49)63-26-15-20-53-51-17-5-12-28-66(51)80-72(53)63/h4-41,44,68H,1-3H3. The van der Waals surface area contributed by atoms with E-state index in [4.69, 9.17) is 8.83 Å². The molecule has 0 aliphatic heterocycles. The molecule has 0 saturated heterocycles. The Morgan fingerprint density at radius 2 is 1.01 bits per heavy atom. The number of anilines is 3. The quantitative estimate of drug-likeness (QED) is 0.159. The fourth-order valence-electron chi connectivity index (χ4n) is 14.4. The number of hydrogen-bond donors (Lipinski definition) is 0. The Labute approximate surface area is 472 Å². The third kappa shape index (κ3) is 6.57. The van der Waals surface area contributed by atoms with E-state index in [1.165, 1.54) is 64.9 Å². The highest BCUT2D eigenvalue weighted by atomic mass is 32.1. The Kier molecular flexibility index (Phi) is 10.2. The van der Waals surface area contributed by atoms with E-state index in [-0.39, 0.29) is 17.3 Å². The molecule has 382 valence electrons. The highest BCUT2D eigenvalue weighted by Crippen LogP contribution is 2.66. The molecule has 0 fully saturated rings. The number of furan rings is 2. The van der Waals surface area contributed by atoms with Crippen molar-refractivity contribution in [3.8, 4) is 23.3 Å². The molecule has 2 unspecified atom stereocenters. The van der Waals surface area contributed by atoms with Gasteiger partial charge in [0.25, 0.3) is 0 Å². The SMILES string of the molecule is CC(c1ccc2c(c1)C1(c3ccccc3C(C)(C)c3ccccc31)c1cc(N(c3ccc(C#N)cc3)c3cccc4c3oc3ccccc34)c3c(sc4ccccc43)c1-2)C(c1ccc(C#N)cc1)c1cccc2c1oc1ccccc12. The van der Waals surface area contributed by atoms with Crippen LogP contribution in [0.1, 0.15) is 93.8 Å². The zero-order chi connectivity index (χ0) is 54.3. The van der Waals surface area contributed by atoms with Crippen molar-refractivity contribution in [1.29, 1.82) is 10.5 Å². The Morgan fingerprint density at radius 1 is 0.469 bits per heavy atom. The summed E-state index contributed by atoms with van der Waals surface area (Å²) >= 11 is 1.86. The van der Waals surface area contributed by atoms with Crippen LogP contribution in [0.3, 0.4) is 0 Å². The summed E-state index contributed by atoms with van der Waals surface area (Å²) in [6.07, 6.45) is 0. The molecule has 81 heavy (non-hydrogen) atoms. The first-order valence-electron chi connectivity index (χ1n) is 27.7. The molecule has 11 aromatic carbocycles. The zero-order valence-corrected chi connectivity index (χ0v) is 45.5. The smallest absolute Gasteiger partial charge is 0.159 e. The van der Waals surface area contributed by atoms with Crippen molar-refractivity contribution in [2.24, 2.45) is 0 Å². The molecular formula is C75H49N3O2S. The lowest BCUT2D eigenvalue weighted by Gasteiger charge is -2.47. The second kappa shape index (κ2) is 17.5. The minimum absolute atomic E-state index is 0.0654. The first-order valence-corrected chi connectivity index (χ1v) is 28.5. The molecule has 2 atom stereocenters. The van der Waals surface area contributed by atoms with Gasteiger partial charge in [0.15, 0.2) is 5.58 Å². The first kappa shape index (κ1) is 47.1. The summed E-state index contributed by atoms with van der Waals surface area (Å²) in [5, 5.41) is 26.8. The van der Waals surface area contributed by atoms with E-state index in [1.807, 2.05) is 53.8 Å². The maximum absolute atomic E-state index is 10.2. The van der Waals surface area contributed by atoms with Gasteiger partial charge >= 0.3 is 0 Å². The van der Waals surface area contributed by atoms with Gasteiger partial charge in [-0.2, -0.15) is 10.5 Å². The number of hydrogen-bond acceptors (Lipinski definition) is 6. The third-order valence-electron chi connectivity index (χ3n) is 18.1. The van der Waals surface area contributed by atoms with E-state index in [9.17, 15) is 10.5 Å². The molecule has 0 amide bonds. The van der Waals surface area contributed by atoms with Gasteiger partial charge in [-0.05, 0) is 123 Å². The predicted molar refractivity (Wildman–Crippen MR) is 331 cm³/mol. The summed E-state index contributed by atoms with van der Waals surface area (Å²) in [5.74, 6) is -0.211. The van der Waals surface area contributed by atoms with Gasteiger partial charge in [-0.15, -0.1) is 11.3 Å². The highest BCUT2D eigenvalue weighted by Gasteiger charge is 2.54. The molecule has 0 N–H and O–H groups in total. The molecule has 3 heterocycles. The normalized spacial score (nSPS) is 14.4. The van der Waals surface area contributed by atoms with Gasteiger partial charge in [0, 0.05) is 69.9 Å². The lowest BCUT2D eigenvalue weighted by Crippen LogP contribution is -2.40. The number of para-hydroxylation sites is 4. The van der Waals surface area contributed by atoms with Gasteiger partial charge in [0.2, 0.25) is 0 Å². The number of nitrogens with zero attached hydrogens (tertiary/aromatic N) is 3. The zero-order valence-electron chi connectivity index (χ0n) is 44.7. The second-order valence-electron chi connectivity index (χ2n) is 22.5. The number of rotatable bonds is 7. The Hall–Kier alpha value is -9.98. The Morgan fingerprint density at radius 3 is 1.68 bits per heavy atom. The topological polar surface area (TPSA) is 77.1 Å². The summed E-state index contributed by atoms with van der Waals surface area (Å²) in [7, 11) is 0. The van der Waals surface area contributed by atoms with Crippen molar-refractivity contribution >= 4 is 92.4 Å². The average Bonchev–Trinajstić information content (AvgIpc) is 2.16. The molecule has 0 bridgehead atoms. The van der Waals surface area contributed by atoms with Crippen LogP contribution in [0.5, 0.6) is 0 Å². The van der Waals surface area contributed by atoms with Crippen LogP contribution in [0.4, 0.5) is 17.1 Å². The first-order chi connectivity index (χ1) is 39.8. The largest absolute Gasteiger partial charge is 0.456 e. The number of benzene rings is 11. The summed E-state index contributed by atoms with van der Waals surface area (Å²) in [6, 6.07) is 87.7. The minimum atomic E-state index is -0.785. The van der Waals surface area contributed by atoms with Crippen LogP contribution in [0.15, 0.2) is 239 Å². The molecule has 5 nitrogen and oxygen atoms in total. The molecule has 0 radical (unpaired) electrons. The summed E-state index contributed by atoms with van der Waals surface area (Å²) < 4.78 is 16.2. The summed E-state index contributed by atoms with van der Waals surface area (Å²) in [6.45, 7) is 7.13. The predicted octanol–water partition coefficient (Wildman–Crippen LogP) is 20.0. The van der Waals surface area contributed by atoms with Crippen molar-refractivity contribution < 1.29 is 8.83 Å². The van der Waals surface area contributed by atoms with Crippen LogP contribution in [0, 0.1) is 22.7 Å². The molecule has 14 aromatic rings. The molecule has 6 heteroatoms. The van der Waals surface area contributed by atoms with Crippen LogP contribution in [-0.2, 0) is 10.8 Å².